The molecule has 0 atom stereocenters. The zero-order chi connectivity index (χ0) is 27.4. The molecule has 2 aromatic carbocycles. The number of aliphatic imine (C=N–C) groups is 1. The smallest absolute Gasteiger partial charge is 0.263 e. The van der Waals surface area contributed by atoms with E-state index in [2.05, 4.69) is 9.98 Å². The zero-order valence-electron chi connectivity index (χ0n) is 20.1. The Morgan fingerprint density at radius 3 is 2.45 bits per heavy atom. The summed E-state index contributed by atoms with van der Waals surface area (Å²) in [5.41, 5.74) is 6.24. The molecule has 13 heteroatoms. The highest BCUT2D eigenvalue weighted by atomic mass is 19.1. The van der Waals surface area contributed by atoms with Gasteiger partial charge in [-0.2, -0.15) is 13.8 Å². The van der Waals surface area contributed by atoms with Crippen LogP contribution in [0.15, 0.2) is 47.5 Å². The Balaban J connectivity index is 1.76. The number of amidine groups is 2. The minimum absolute atomic E-state index is 0.0920. The second-order valence-electron chi connectivity index (χ2n) is 8.18. The molecule has 0 saturated heterocycles. The van der Waals surface area contributed by atoms with E-state index in [9.17, 15) is 13.9 Å². The molecule has 0 unspecified atom stereocenters. The van der Waals surface area contributed by atoms with Crippen molar-refractivity contribution in [3.8, 4) is 34.8 Å². The van der Waals surface area contributed by atoms with Crippen molar-refractivity contribution in [1.29, 1.82) is 5.41 Å². The summed E-state index contributed by atoms with van der Waals surface area (Å²) in [6.45, 7) is -1.42. The number of aromatic hydroxyl groups is 1. The second kappa shape index (κ2) is 11.2. The van der Waals surface area contributed by atoms with E-state index < -0.39 is 54.3 Å². The SMILES string of the molecule is CN1CCN=C1c1cccc(Oc2nc(Oc3cc(C(=N)N)ccc3O)c(F)c(OC(CF)CF)c2F)c1. The molecule has 0 bridgehead atoms. The summed E-state index contributed by atoms with van der Waals surface area (Å²) in [6, 6.07) is 10.0. The number of ether oxygens (including phenoxy) is 3. The van der Waals surface area contributed by atoms with Crippen molar-refractivity contribution in [3.05, 3.63) is 65.2 Å². The topological polar surface area (TPSA) is 126 Å². The molecule has 0 amide bonds. The fraction of sp³-hybridized carbons (Fsp3) is 0.240. The summed E-state index contributed by atoms with van der Waals surface area (Å²) in [7, 11) is 1.86. The average molecular weight is 533 g/mol. The van der Waals surface area contributed by atoms with Crippen LogP contribution >= 0.6 is 0 Å². The van der Waals surface area contributed by atoms with Gasteiger partial charge in [0.2, 0.25) is 17.4 Å². The second-order valence-corrected chi connectivity index (χ2v) is 8.18. The molecule has 1 aliphatic heterocycles. The van der Waals surface area contributed by atoms with E-state index in [0.717, 1.165) is 18.7 Å². The number of likely N-dealkylation sites (N-methyl/N-ethyl adjacent to an activating group) is 1. The summed E-state index contributed by atoms with van der Waals surface area (Å²) < 4.78 is 72.6. The highest BCUT2D eigenvalue weighted by molar-refractivity contribution is 6.00. The van der Waals surface area contributed by atoms with Crippen molar-refractivity contribution in [2.45, 2.75) is 6.10 Å². The van der Waals surface area contributed by atoms with Crippen LogP contribution in [0.1, 0.15) is 11.1 Å². The van der Waals surface area contributed by atoms with E-state index in [0.29, 0.717) is 17.9 Å². The number of nitrogen functional groups attached to an aromatic ring is 1. The molecule has 0 aliphatic carbocycles. The first-order valence-corrected chi connectivity index (χ1v) is 11.3. The normalized spacial score (nSPS) is 13.0. The molecule has 0 saturated carbocycles. The summed E-state index contributed by atoms with van der Waals surface area (Å²) in [6.07, 6.45) is -1.81. The first kappa shape index (κ1) is 26.5. The molecule has 1 aliphatic rings. The lowest BCUT2D eigenvalue weighted by Gasteiger charge is -2.18. The van der Waals surface area contributed by atoms with Crippen LogP contribution in [0.4, 0.5) is 17.6 Å². The van der Waals surface area contributed by atoms with Gasteiger partial charge in [0.1, 0.15) is 30.8 Å². The Bertz CT molecular complexity index is 1380. The fourth-order valence-corrected chi connectivity index (χ4v) is 3.51. The van der Waals surface area contributed by atoms with Gasteiger partial charge in [0.05, 0.1) is 6.54 Å². The molecule has 3 aromatic rings. The van der Waals surface area contributed by atoms with Gasteiger partial charge < -0.3 is 30.0 Å². The molecule has 4 N–H and O–H groups in total. The van der Waals surface area contributed by atoms with Crippen LogP contribution < -0.4 is 19.9 Å². The lowest BCUT2D eigenvalue weighted by atomic mass is 10.2. The Labute approximate surface area is 214 Å². The number of phenolic OH excluding ortho intramolecular Hbond substituents is 1. The van der Waals surface area contributed by atoms with Gasteiger partial charge in [-0.05, 0) is 30.3 Å². The van der Waals surface area contributed by atoms with Crippen LogP contribution in [-0.4, -0.2) is 66.3 Å². The summed E-state index contributed by atoms with van der Waals surface area (Å²) >= 11 is 0. The van der Waals surface area contributed by atoms with Gasteiger partial charge in [-0.3, -0.25) is 10.4 Å². The fourth-order valence-electron chi connectivity index (χ4n) is 3.51. The highest BCUT2D eigenvalue weighted by Crippen LogP contribution is 2.40. The van der Waals surface area contributed by atoms with E-state index in [1.807, 2.05) is 11.9 Å². The van der Waals surface area contributed by atoms with Crippen molar-refractivity contribution in [1.82, 2.24) is 9.88 Å². The maximum Gasteiger partial charge on any atom is 0.263 e. The largest absolute Gasteiger partial charge is 0.504 e. The lowest BCUT2D eigenvalue weighted by Crippen LogP contribution is -2.23. The number of pyridine rings is 1. The molecule has 9 nitrogen and oxygen atoms in total. The van der Waals surface area contributed by atoms with Gasteiger partial charge >= 0.3 is 0 Å². The first-order valence-electron chi connectivity index (χ1n) is 11.3. The molecule has 2 heterocycles. The first-order chi connectivity index (χ1) is 18.2. The van der Waals surface area contributed by atoms with Crippen LogP contribution in [-0.2, 0) is 0 Å². The van der Waals surface area contributed by atoms with Gasteiger partial charge in [-0.15, -0.1) is 0 Å². The maximum atomic E-state index is 15.3. The Kier molecular flexibility index (Phi) is 7.84. The Hall–Kier alpha value is -4.55. The average Bonchev–Trinajstić information content (AvgIpc) is 3.34. The minimum Gasteiger partial charge on any atom is -0.504 e. The summed E-state index contributed by atoms with van der Waals surface area (Å²) in [5.74, 6) is -6.41. The van der Waals surface area contributed by atoms with Crippen LogP contribution in [0.5, 0.6) is 34.8 Å². The van der Waals surface area contributed by atoms with Crippen LogP contribution in [0, 0.1) is 17.0 Å². The number of hydrogen-bond acceptors (Lipinski definition) is 8. The lowest BCUT2D eigenvalue weighted by molar-refractivity contribution is 0.120. The van der Waals surface area contributed by atoms with Gasteiger partial charge in [0.25, 0.3) is 11.8 Å². The molecule has 0 radical (unpaired) electrons. The van der Waals surface area contributed by atoms with Gasteiger partial charge in [0.15, 0.2) is 17.6 Å². The molecule has 1 aromatic heterocycles. The highest BCUT2D eigenvalue weighted by Gasteiger charge is 2.28. The molecule has 200 valence electrons. The molecule has 0 spiro atoms. The molecule has 4 rings (SSSR count). The van der Waals surface area contributed by atoms with E-state index in [1.54, 1.807) is 18.2 Å². The van der Waals surface area contributed by atoms with E-state index in [4.69, 9.17) is 25.4 Å². The quantitative estimate of drug-likeness (QED) is 0.201. The summed E-state index contributed by atoms with van der Waals surface area (Å²) in [5, 5.41) is 17.7. The number of alkyl halides is 2. The number of hydrogen-bond donors (Lipinski definition) is 3. The van der Waals surface area contributed by atoms with E-state index >= 15 is 8.78 Å². The van der Waals surface area contributed by atoms with E-state index in [-0.39, 0.29) is 22.9 Å². The van der Waals surface area contributed by atoms with Crippen LogP contribution in [0.3, 0.4) is 0 Å². The molecule has 38 heavy (non-hydrogen) atoms. The molecular weight excluding hydrogens is 510 g/mol. The van der Waals surface area contributed by atoms with Crippen LogP contribution in [0.2, 0.25) is 0 Å². The number of halogens is 4. The van der Waals surface area contributed by atoms with Crippen molar-refractivity contribution in [2.24, 2.45) is 10.7 Å². The maximum absolute atomic E-state index is 15.3. The zero-order valence-corrected chi connectivity index (χ0v) is 20.1. The summed E-state index contributed by atoms with van der Waals surface area (Å²) in [4.78, 5) is 10.1. The van der Waals surface area contributed by atoms with Gasteiger partial charge in [-0.1, -0.05) is 12.1 Å². The molecule has 0 fully saturated rings. The number of nitrogens with zero attached hydrogens (tertiary/aromatic N) is 3. The Morgan fingerprint density at radius 2 is 1.82 bits per heavy atom. The number of rotatable bonds is 10. The number of aromatic nitrogens is 1. The predicted molar refractivity (Wildman–Crippen MR) is 130 cm³/mol. The third-order valence-corrected chi connectivity index (χ3v) is 5.45. The third kappa shape index (κ3) is 5.56. The van der Waals surface area contributed by atoms with Crippen molar-refractivity contribution in [2.75, 3.05) is 33.5 Å². The standard InChI is InChI=1S/C25H23F4N5O4/c1-34-8-7-32-23(34)14-3-2-4-15(9-14)37-24-19(28)21(36-16(11-26)12-27)20(29)25(33-24)38-18-10-13(22(30)31)5-6-17(18)35/h2-6,9-10,16,35H,7-8,11-12H2,1H3,(H3,30,31). The number of nitrogens with one attached hydrogen (secondary N) is 1. The number of benzene rings is 2. The van der Waals surface area contributed by atoms with Crippen molar-refractivity contribution >= 4 is 11.7 Å². The van der Waals surface area contributed by atoms with Gasteiger partial charge in [-0.25, -0.2) is 8.78 Å². The number of nitrogens with two attached hydrogens (primary N) is 1. The number of phenols is 1. The third-order valence-electron chi connectivity index (χ3n) is 5.45. The van der Waals surface area contributed by atoms with Crippen molar-refractivity contribution in [3.63, 3.8) is 0 Å². The minimum atomic E-state index is -1.81. The van der Waals surface area contributed by atoms with E-state index in [1.165, 1.54) is 12.1 Å². The van der Waals surface area contributed by atoms with Crippen LogP contribution in [0.25, 0.3) is 0 Å². The van der Waals surface area contributed by atoms with Crippen molar-refractivity contribution < 1.29 is 36.9 Å². The molecular formula is C25H23F4N5O4. The Morgan fingerprint density at radius 1 is 1.11 bits per heavy atom. The van der Waals surface area contributed by atoms with Gasteiger partial charge in [0, 0.05) is 24.7 Å². The predicted octanol–water partition coefficient (Wildman–Crippen LogP) is 4.31. The monoisotopic (exact) mass is 533 g/mol.